The smallest absolute Gasteiger partial charge is 0.343 e. The molecule has 0 bridgehead atoms. The van der Waals surface area contributed by atoms with Gasteiger partial charge in [0.25, 0.3) is 0 Å². The minimum absolute atomic E-state index is 0.156. The van der Waals surface area contributed by atoms with E-state index in [0.717, 1.165) is 21.6 Å². The number of imide groups is 1. The lowest BCUT2D eigenvalue weighted by molar-refractivity contribution is 0.235. The van der Waals surface area contributed by atoms with E-state index >= 15 is 0 Å². The van der Waals surface area contributed by atoms with Gasteiger partial charge in [0.2, 0.25) is 0 Å². The summed E-state index contributed by atoms with van der Waals surface area (Å²) in [5.74, 6) is 2.21. The summed E-state index contributed by atoms with van der Waals surface area (Å²) >= 11 is 0. The molecular formula is C26H21N3O4. The maximum absolute atomic E-state index is 13.5. The van der Waals surface area contributed by atoms with Gasteiger partial charge in [0, 0.05) is 5.39 Å². The molecule has 1 N–H and O–H groups in total. The van der Waals surface area contributed by atoms with Crippen molar-refractivity contribution in [1.82, 2.24) is 5.32 Å². The normalized spacial score (nSPS) is 14.1. The monoisotopic (exact) mass is 439 g/mol. The van der Waals surface area contributed by atoms with E-state index in [-0.39, 0.29) is 5.82 Å². The van der Waals surface area contributed by atoms with Gasteiger partial charge in [-0.1, -0.05) is 36.9 Å². The summed E-state index contributed by atoms with van der Waals surface area (Å²) in [5.41, 5.74) is 2.23. The van der Waals surface area contributed by atoms with E-state index in [2.05, 4.69) is 11.9 Å². The molecule has 0 radical (unpaired) electrons. The van der Waals surface area contributed by atoms with Crippen LogP contribution in [-0.2, 0) is 0 Å². The lowest BCUT2D eigenvalue weighted by Gasteiger charge is -2.35. The number of anilines is 2. The second-order valence-electron chi connectivity index (χ2n) is 7.75. The average molecular weight is 439 g/mol. The van der Waals surface area contributed by atoms with Gasteiger partial charge in [-0.3, -0.25) is 5.32 Å². The second-order valence-corrected chi connectivity index (χ2v) is 7.75. The molecule has 1 aliphatic rings. The van der Waals surface area contributed by atoms with E-state index < -0.39 is 12.1 Å². The van der Waals surface area contributed by atoms with Crippen molar-refractivity contribution in [3.05, 3.63) is 96.5 Å². The zero-order chi connectivity index (χ0) is 23.1. The van der Waals surface area contributed by atoms with Crippen LogP contribution in [0.1, 0.15) is 11.3 Å². The van der Waals surface area contributed by atoms with Crippen molar-refractivity contribution in [1.29, 1.82) is 0 Å². The van der Waals surface area contributed by atoms with Crippen LogP contribution in [0.25, 0.3) is 11.0 Å². The third-order valence-corrected chi connectivity index (χ3v) is 5.38. The molecule has 0 atom stereocenters. The molecule has 0 saturated carbocycles. The fraction of sp³-hybridized carbons (Fsp3) is 0.0769. The topological polar surface area (TPSA) is 75.0 Å². The molecule has 164 valence electrons. The molecule has 4 amide bonds. The van der Waals surface area contributed by atoms with Crippen molar-refractivity contribution in [3.8, 4) is 11.5 Å². The standard InChI is InChI=1S/C26H21N3O4/c1-16-14-20(12-13-23(16)33-21-9-5-4-6-10-21)29-25(30)27-18(3)28(26(29)31)22-11-7-8-19-15-17(2)32-24(19)22/h4-15H,3H2,1-2H3,(H,27,30). The molecule has 1 aliphatic heterocycles. The fourth-order valence-electron chi connectivity index (χ4n) is 3.87. The first-order chi connectivity index (χ1) is 15.9. The summed E-state index contributed by atoms with van der Waals surface area (Å²) in [6.07, 6.45) is 0. The Bertz CT molecular complexity index is 1410. The Hall–Kier alpha value is -4.52. The molecule has 7 heteroatoms. The quantitative estimate of drug-likeness (QED) is 0.395. The number of benzene rings is 3. The SMILES string of the molecule is C=C1NC(=O)N(c2ccc(Oc3ccccc3)c(C)c2)C(=O)N1c1cccc2cc(C)oc12. The Balaban J connectivity index is 1.50. The van der Waals surface area contributed by atoms with Crippen LogP contribution in [0, 0.1) is 13.8 Å². The van der Waals surface area contributed by atoms with Gasteiger partial charge < -0.3 is 9.15 Å². The first-order valence-electron chi connectivity index (χ1n) is 10.4. The molecule has 0 aliphatic carbocycles. The van der Waals surface area contributed by atoms with Gasteiger partial charge in [0.1, 0.15) is 23.1 Å². The zero-order valence-corrected chi connectivity index (χ0v) is 18.2. The van der Waals surface area contributed by atoms with Crippen LogP contribution in [-0.4, -0.2) is 12.1 Å². The van der Waals surface area contributed by atoms with E-state index in [1.807, 2.05) is 62.4 Å². The third-order valence-electron chi connectivity index (χ3n) is 5.38. The number of rotatable bonds is 4. The van der Waals surface area contributed by atoms with Crippen molar-refractivity contribution in [2.45, 2.75) is 13.8 Å². The summed E-state index contributed by atoms with van der Waals surface area (Å²) in [5, 5.41) is 3.53. The van der Waals surface area contributed by atoms with Gasteiger partial charge in [-0.05, 0) is 61.9 Å². The van der Waals surface area contributed by atoms with E-state index in [1.54, 1.807) is 24.3 Å². The van der Waals surface area contributed by atoms with Crippen LogP contribution < -0.4 is 19.9 Å². The van der Waals surface area contributed by atoms with Crippen LogP contribution in [0.5, 0.6) is 11.5 Å². The maximum atomic E-state index is 13.5. The number of nitrogens with zero attached hydrogens (tertiary/aromatic N) is 2. The predicted octanol–water partition coefficient (Wildman–Crippen LogP) is 6.47. The lowest BCUT2D eigenvalue weighted by Crippen LogP contribution is -2.58. The fourth-order valence-corrected chi connectivity index (χ4v) is 3.87. The van der Waals surface area contributed by atoms with Gasteiger partial charge in [-0.25, -0.2) is 19.4 Å². The number of ether oxygens (including phenoxy) is 1. The number of aryl methyl sites for hydroxylation is 2. The van der Waals surface area contributed by atoms with Crippen LogP contribution in [0.2, 0.25) is 0 Å². The highest BCUT2D eigenvalue weighted by atomic mass is 16.5. The highest BCUT2D eigenvalue weighted by molar-refractivity contribution is 6.24. The Morgan fingerprint density at radius 2 is 1.70 bits per heavy atom. The summed E-state index contributed by atoms with van der Waals surface area (Å²) in [6, 6.07) is 20.8. The summed E-state index contributed by atoms with van der Waals surface area (Å²) in [6.45, 7) is 7.58. The Morgan fingerprint density at radius 1 is 0.909 bits per heavy atom. The minimum Gasteiger partial charge on any atom is -0.459 e. The van der Waals surface area contributed by atoms with Gasteiger partial charge in [-0.2, -0.15) is 0 Å². The molecule has 1 fully saturated rings. The molecular weight excluding hydrogens is 418 g/mol. The number of urea groups is 2. The minimum atomic E-state index is -0.583. The number of carbonyl (C=O) groups is 2. The average Bonchev–Trinajstić information content (AvgIpc) is 3.17. The summed E-state index contributed by atoms with van der Waals surface area (Å²) in [7, 11) is 0. The van der Waals surface area contributed by atoms with Crippen LogP contribution in [0.3, 0.4) is 0 Å². The number of carbonyl (C=O) groups excluding carboxylic acids is 2. The van der Waals surface area contributed by atoms with Crippen LogP contribution in [0.4, 0.5) is 21.0 Å². The van der Waals surface area contributed by atoms with E-state index in [4.69, 9.17) is 9.15 Å². The molecule has 2 heterocycles. The Labute approximate surface area is 190 Å². The molecule has 5 rings (SSSR count). The zero-order valence-electron chi connectivity index (χ0n) is 18.2. The van der Waals surface area contributed by atoms with Crippen molar-refractivity contribution in [3.63, 3.8) is 0 Å². The molecule has 4 aromatic rings. The number of nitrogens with one attached hydrogen (secondary N) is 1. The highest BCUT2D eigenvalue weighted by Gasteiger charge is 2.38. The van der Waals surface area contributed by atoms with E-state index in [9.17, 15) is 9.59 Å². The number of para-hydroxylation sites is 2. The summed E-state index contributed by atoms with van der Waals surface area (Å²) < 4.78 is 11.7. The van der Waals surface area contributed by atoms with Gasteiger partial charge in [0.15, 0.2) is 5.58 Å². The van der Waals surface area contributed by atoms with E-state index in [1.165, 1.54) is 4.90 Å². The lowest BCUT2D eigenvalue weighted by atomic mass is 10.1. The van der Waals surface area contributed by atoms with Crippen molar-refractivity contribution >= 4 is 34.4 Å². The Kier molecular flexibility index (Phi) is 4.86. The van der Waals surface area contributed by atoms with Crippen molar-refractivity contribution < 1.29 is 18.7 Å². The molecule has 1 aromatic heterocycles. The third kappa shape index (κ3) is 3.59. The number of hydrogen-bond acceptors (Lipinski definition) is 4. The highest BCUT2D eigenvalue weighted by Crippen LogP contribution is 2.35. The van der Waals surface area contributed by atoms with Gasteiger partial charge in [0.05, 0.1) is 11.4 Å². The van der Waals surface area contributed by atoms with Crippen LogP contribution in [0.15, 0.2) is 89.6 Å². The maximum Gasteiger partial charge on any atom is 0.343 e. The largest absolute Gasteiger partial charge is 0.459 e. The molecule has 0 unspecified atom stereocenters. The number of furan rings is 1. The van der Waals surface area contributed by atoms with Gasteiger partial charge in [-0.15, -0.1) is 0 Å². The molecule has 7 nitrogen and oxygen atoms in total. The molecule has 3 aromatic carbocycles. The molecule has 33 heavy (non-hydrogen) atoms. The number of fused-ring (bicyclic) bond motifs is 1. The van der Waals surface area contributed by atoms with Crippen LogP contribution >= 0.6 is 0 Å². The first-order valence-corrected chi connectivity index (χ1v) is 10.4. The number of amides is 4. The van der Waals surface area contributed by atoms with Crippen molar-refractivity contribution in [2.75, 3.05) is 9.80 Å². The second kappa shape index (κ2) is 7.87. The first kappa shape index (κ1) is 20.4. The van der Waals surface area contributed by atoms with E-state index in [0.29, 0.717) is 28.5 Å². The van der Waals surface area contributed by atoms with Crippen molar-refractivity contribution in [2.24, 2.45) is 0 Å². The van der Waals surface area contributed by atoms with Gasteiger partial charge >= 0.3 is 12.1 Å². The summed E-state index contributed by atoms with van der Waals surface area (Å²) in [4.78, 5) is 28.8. The molecule has 1 saturated heterocycles. The number of hydrogen-bond donors (Lipinski definition) is 1. The predicted molar refractivity (Wildman–Crippen MR) is 127 cm³/mol. The molecule has 0 spiro atoms. The Morgan fingerprint density at radius 3 is 2.45 bits per heavy atom.